The average Bonchev–Trinajstić information content (AvgIpc) is 2.23. The van der Waals surface area contributed by atoms with E-state index in [2.05, 4.69) is 5.32 Å². The lowest BCUT2D eigenvalue weighted by Crippen LogP contribution is -2.40. The molecule has 0 saturated heterocycles. The SMILES string of the molecule is COCCN(CCO)CC(=O)NCCO. The van der Waals surface area contributed by atoms with Crippen LogP contribution in [-0.2, 0) is 9.53 Å². The van der Waals surface area contributed by atoms with Crippen LogP contribution < -0.4 is 5.32 Å². The molecule has 0 heterocycles. The molecular formula is C9H20N2O4. The van der Waals surface area contributed by atoms with Gasteiger partial charge in [0, 0.05) is 26.7 Å². The van der Waals surface area contributed by atoms with Crippen LogP contribution in [0.5, 0.6) is 0 Å². The summed E-state index contributed by atoms with van der Waals surface area (Å²) in [4.78, 5) is 13.1. The van der Waals surface area contributed by atoms with Crippen molar-refractivity contribution in [3.63, 3.8) is 0 Å². The molecule has 0 aliphatic heterocycles. The second-order valence-corrected chi connectivity index (χ2v) is 3.07. The van der Waals surface area contributed by atoms with E-state index in [1.807, 2.05) is 0 Å². The Balaban J connectivity index is 3.76. The molecule has 0 radical (unpaired) electrons. The van der Waals surface area contributed by atoms with Gasteiger partial charge in [-0.3, -0.25) is 9.69 Å². The highest BCUT2D eigenvalue weighted by Gasteiger charge is 2.09. The van der Waals surface area contributed by atoms with E-state index in [9.17, 15) is 4.79 Å². The third-order valence-corrected chi connectivity index (χ3v) is 1.83. The lowest BCUT2D eigenvalue weighted by molar-refractivity contribution is -0.122. The third-order valence-electron chi connectivity index (χ3n) is 1.83. The average molecular weight is 220 g/mol. The van der Waals surface area contributed by atoms with Crippen LogP contribution >= 0.6 is 0 Å². The lowest BCUT2D eigenvalue weighted by Gasteiger charge is -2.19. The Morgan fingerprint density at radius 2 is 2.07 bits per heavy atom. The molecule has 90 valence electrons. The van der Waals surface area contributed by atoms with E-state index < -0.39 is 0 Å². The van der Waals surface area contributed by atoms with Gasteiger partial charge in [-0.05, 0) is 0 Å². The van der Waals surface area contributed by atoms with Crippen LogP contribution in [0, 0.1) is 0 Å². The summed E-state index contributed by atoms with van der Waals surface area (Å²) in [5, 5.41) is 19.8. The molecule has 0 spiro atoms. The zero-order valence-corrected chi connectivity index (χ0v) is 9.11. The van der Waals surface area contributed by atoms with Gasteiger partial charge in [0.25, 0.3) is 0 Å². The summed E-state index contributed by atoms with van der Waals surface area (Å²) >= 11 is 0. The molecule has 0 fully saturated rings. The number of methoxy groups -OCH3 is 1. The van der Waals surface area contributed by atoms with E-state index in [0.29, 0.717) is 19.7 Å². The summed E-state index contributed by atoms with van der Waals surface area (Å²) in [6, 6.07) is 0. The van der Waals surface area contributed by atoms with Crippen LogP contribution in [0.2, 0.25) is 0 Å². The molecule has 0 saturated carbocycles. The van der Waals surface area contributed by atoms with Crippen molar-refractivity contribution in [3.05, 3.63) is 0 Å². The van der Waals surface area contributed by atoms with Gasteiger partial charge in [0.2, 0.25) is 5.91 Å². The molecule has 15 heavy (non-hydrogen) atoms. The number of aliphatic hydroxyl groups excluding tert-OH is 2. The fourth-order valence-corrected chi connectivity index (χ4v) is 1.09. The summed E-state index contributed by atoms with van der Waals surface area (Å²) in [6.07, 6.45) is 0. The first kappa shape index (κ1) is 14.3. The highest BCUT2D eigenvalue weighted by Crippen LogP contribution is 1.87. The molecule has 0 aliphatic carbocycles. The zero-order valence-electron chi connectivity index (χ0n) is 9.11. The van der Waals surface area contributed by atoms with E-state index in [0.717, 1.165) is 0 Å². The smallest absolute Gasteiger partial charge is 0.234 e. The number of amides is 1. The molecule has 6 heteroatoms. The first-order chi connectivity index (χ1) is 7.24. The van der Waals surface area contributed by atoms with Gasteiger partial charge in [-0.2, -0.15) is 0 Å². The predicted molar refractivity (Wildman–Crippen MR) is 55.5 cm³/mol. The largest absolute Gasteiger partial charge is 0.395 e. The zero-order chi connectivity index (χ0) is 11.5. The minimum atomic E-state index is -0.159. The second-order valence-electron chi connectivity index (χ2n) is 3.07. The maximum absolute atomic E-state index is 11.3. The minimum absolute atomic E-state index is 0.0109. The second kappa shape index (κ2) is 9.85. The van der Waals surface area contributed by atoms with E-state index in [1.54, 1.807) is 12.0 Å². The molecule has 3 N–H and O–H groups in total. The molecule has 0 unspecified atom stereocenters. The Bertz CT molecular complexity index is 166. The highest BCUT2D eigenvalue weighted by molar-refractivity contribution is 5.77. The van der Waals surface area contributed by atoms with Crippen LogP contribution in [-0.4, -0.2) is 74.1 Å². The fourth-order valence-electron chi connectivity index (χ4n) is 1.09. The predicted octanol–water partition coefficient (Wildman–Crippen LogP) is -1.96. The monoisotopic (exact) mass is 220 g/mol. The van der Waals surface area contributed by atoms with Crippen LogP contribution in [0.25, 0.3) is 0 Å². The Kier molecular flexibility index (Phi) is 9.40. The summed E-state index contributed by atoms with van der Waals surface area (Å²) in [7, 11) is 1.59. The Morgan fingerprint density at radius 1 is 1.33 bits per heavy atom. The van der Waals surface area contributed by atoms with Crippen molar-refractivity contribution >= 4 is 5.91 Å². The van der Waals surface area contributed by atoms with Gasteiger partial charge in [-0.25, -0.2) is 0 Å². The number of carbonyl (C=O) groups is 1. The first-order valence-electron chi connectivity index (χ1n) is 4.94. The first-order valence-corrected chi connectivity index (χ1v) is 4.94. The fraction of sp³-hybridized carbons (Fsp3) is 0.889. The van der Waals surface area contributed by atoms with E-state index >= 15 is 0 Å². The highest BCUT2D eigenvalue weighted by atomic mass is 16.5. The van der Waals surface area contributed by atoms with Gasteiger partial charge < -0.3 is 20.3 Å². The number of ether oxygens (including phenoxy) is 1. The van der Waals surface area contributed by atoms with Gasteiger partial charge in [0.05, 0.1) is 26.4 Å². The van der Waals surface area contributed by atoms with Crippen molar-refractivity contribution in [1.82, 2.24) is 10.2 Å². The van der Waals surface area contributed by atoms with E-state index in [-0.39, 0.29) is 32.2 Å². The number of hydrogen-bond acceptors (Lipinski definition) is 5. The summed E-state index contributed by atoms with van der Waals surface area (Å²) in [6.45, 7) is 1.98. The van der Waals surface area contributed by atoms with E-state index in [1.165, 1.54) is 0 Å². The number of carbonyl (C=O) groups excluding carboxylic acids is 1. The van der Waals surface area contributed by atoms with Crippen molar-refractivity contribution < 1.29 is 19.7 Å². The van der Waals surface area contributed by atoms with E-state index in [4.69, 9.17) is 14.9 Å². The molecule has 1 amide bonds. The van der Waals surface area contributed by atoms with Gasteiger partial charge in [-0.15, -0.1) is 0 Å². The molecule has 0 bridgehead atoms. The minimum Gasteiger partial charge on any atom is -0.395 e. The normalized spacial score (nSPS) is 10.7. The maximum atomic E-state index is 11.3. The third kappa shape index (κ3) is 8.31. The molecule has 0 aromatic heterocycles. The molecule has 0 atom stereocenters. The lowest BCUT2D eigenvalue weighted by atomic mass is 10.4. The number of aliphatic hydroxyl groups is 2. The molecule has 0 aromatic rings. The summed E-state index contributed by atoms with van der Waals surface area (Å²) in [5.41, 5.74) is 0. The molecule has 0 aliphatic rings. The summed E-state index contributed by atoms with van der Waals surface area (Å²) < 4.78 is 4.89. The maximum Gasteiger partial charge on any atom is 0.234 e. The Morgan fingerprint density at radius 3 is 2.60 bits per heavy atom. The molecule has 0 rings (SSSR count). The van der Waals surface area contributed by atoms with Gasteiger partial charge in [-0.1, -0.05) is 0 Å². The quantitative estimate of drug-likeness (QED) is 0.420. The number of hydrogen-bond donors (Lipinski definition) is 3. The van der Waals surface area contributed by atoms with Crippen molar-refractivity contribution in [3.8, 4) is 0 Å². The molecular weight excluding hydrogens is 200 g/mol. The summed E-state index contributed by atoms with van der Waals surface area (Å²) in [5.74, 6) is -0.159. The number of nitrogens with one attached hydrogen (secondary N) is 1. The number of nitrogens with zero attached hydrogens (tertiary/aromatic N) is 1. The Hall–Kier alpha value is -0.690. The standard InChI is InChI=1S/C9H20N2O4/c1-15-7-4-11(3-6-13)8-9(14)10-2-5-12/h12-13H,2-8H2,1H3,(H,10,14). The molecule has 6 nitrogen and oxygen atoms in total. The van der Waals surface area contributed by atoms with Crippen molar-refractivity contribution in [2.24, 2.45) is 0 Å². The van der Waals surface area contributed by atoms with Crippen molar-refractivity contribution in [1.29, 1.82) is 0 Å². The Labute approximate surface area is 89.8 Å². The van der Waals surface area contributed by atoms with Gasteiger partial charge >= 0.3 is 0 Å². The topological polar surface area (TPSA) is 82.0 Å². The van der Waals surface area contributed by atoms with Crippen LogP contribution in [0.15, 0.2) is 0 Å². The van der Waals surface area contributed by atoms with Gasteiger partial charge in [0.1, 0.15) is 0 Å². The van der Waals surface area contributed by atoms with Crippen LogP contribution in [0.3, 0.4) is 0 Å². The van der Waals surface area contributed by atoms with Gasteiger partial charge in [0.15, 0.2) is 0 Å². The van der Waals surface area contributed by atoms with Crippen LogP contribution in [0.1, 0.15) is 0 Å². The van der Waals surface area contributed by atoms with Crippen molar-refractivity contribution in [2.45, 2.75) is 0 Å². The number of rotatable bonds is 9. The van der Waals surface area contributed by atoms with Crippen LogP contribution in [0.4, 0.5) is 0 Å². The van der Waals surface area contributed by atoms with Crippen molar-refractivity contribution in [2.75, 3.05) is 53.1 Å². The molecule has 0 aromatic carbocycles.